The van der Waals surface area contributed by atoms with Gasteiger partial charge in [-0.05, 0) is 69.6 Å². The van der Waals surface area contributed by atoms with Gasteiger partial charge in [-0.15, -0.1) is 0 Å². The van der Waals surface area contributed by atoms with E-state index in [1.54, 1.807) is 0 Å². The van der Waals surface area contributed by atoms with Crippen LogP contribution >= 0.6 is 0 Å². The molecule has 0 saturated carbocycles. The minimum atomic E-state index is -0.181. The first-order valence-corrected chi connectivity index (χ1v) is 11.4. The van der Waals surface area contributed by atoms with Crippen molar-refractivity contribution in [3.8, 4) is 0 Å². The van der Waals surface area contributed by atoms with E-state index in [2.05, 4.69) is 26.5 Å². The van der Waals surface area contributed by atoms with Crippen molar-refractivity contribution in [2.24, 2.45) is 5.92 Å². The van der Waals surface area contributed by atoms with Gasteiger partial charge in [0, 0.05) is 56.9 Å². The second-order valence-corrected chi connectivity index (χ2v) is 8.79. The van der Waals surface area contributed by atoms with Crippen LogP contribution in [0, 0.1) is 11.7 Å². The van der Waals surface area contributed by atoms with Crippen LogP contribution in [-0.2, 0) is 4.79 Å². The Bertz CT molecular complexity index is 666. The molecule has 1 amide bonds. The van der Waals surface area contributed by atoms with E-state index in [-0.39, 0.29) is 11.7 Å². The van der Waals surface area contributed by atoms with Crippen LogP contribution in [0.1, 0.15) is 32.6 Å². The molecule has 3 aliphatic heterocycles. The average Bonchev–Trinajstić information content (AvgIpc) is 2.79. The highest BCUT2D eigenvalue weighted by molar-refractivity contribution is 5.79. The summed E-state index contributed by atoms with van der Waals surface area (Å²) in [6.45, 7) is 11.2. The van der Waals surface area contributed by atoms with Crippen LogP contribution in [0.4, 0.5) is 10.1 Å². The smallest absolute Gasteiger partial charge is 0.225 e. The Morgan fingerprint density at radius 1 is 0.966 bits per heavy atom. The minimum Gasteiger partial charge on any atom is -0.369 e. The number of halogens is 1. The summed E-state index contributed by atoms with van der Waals surface area (Å²) in [5.74, 6) is 0.446. The lowest BCUT2D eigenvalue weighted by Gasteiger charge is -2.44. The molecule has 160 valence electrons. The molecule has 0 radical (unpaired) electrons. The van der Waals surface area contributed by atoms with Crippen molar-refractivity contribution >= 4 is 11.6 Å². The quantitative estimate of drug-likeness (QED) is 0.775. The third-order valence-corrected chi connectivity index (χ3v) is 7.11. The fourth-order valence-corrected chi connectivity index (χ4v) is 5.20. The Morgan fingerprint density at radius 3 is 2.31 bits per heavy atom. The number of piperazine rings is 1. The number of carbonyl (C=O) groups is 1. The molecule has 1 aromatic rings. The Kier molecular flexibility index (Phi) is 6.70. The number of hydrogen-bond donors (Lipinski definition) is 0. The number of hydrogen-bond acceptors (Lipinski definition) is 4. The number of amides is 1. The molecule has 0 aromatic heterocycles. The number of likely N-dealkylation sites (tertiary alicyclic amines) is 2. The number of benzene rings is 1. The number of rotatable bonds is 4. The van der Waals surface area contributed by atoms with Gasteiger partial charge in [0.1, 0.15) is 5.82 Å². The fraction of sp³-hybridized carbons (Fsp3) is 0.696. The van der Waals surface area contributed by atoms with E-state index >= 15 is 0 Å². The summed E-state index contributed by atoms with van der Waals surface area (Å²) in [7, 11) is 0. The number of nitrogens with zero attached hydrogens (tertiary/aromatic N) is 4. The molecule has 29 heavy (non-hydrogen) atoms. The summed E-state index contributed by atoms with van der Waals surface area (Å²) in [6.07, 6.45) is 4.34. The van der Waals surface area contributed by atoms with Crippen LogP contribution in [-0.4, -0.2) is 85.6 Å². The topological polar surface area (TPSA) is 30.0 Å². The van der Waals surface area contributed by atoms with E-state index in [1.165, 1.54) is 18.6 Å². The molecule has 0 aliphatic carbocycles. The van der Waals surface area contributed by atoms with Crippen LogP contribution in [0.25, 0.3) is 0 Å². The summed E-state index contributed by atoms with van der Waals surface area (Å²) < 4.78 is 13.2. The predicted octanol–water partition coefficient (Wildman–Crippen LogP) is 2.67. The monoisotopic (exact) mass is 402 g/mol. The van der Waals surface area contributed by atoms with E-state index in [0.29, 0.717) is 11.9 Å². The molecule has 3 saturated heterocycles. The summed E-state index contributed by atoms with van der Waals surface area (Å²) >= 11 is 0. The zero-order valence-electron chi connectivity index (χ0n) is 17.7. The van der Waals surface area contributed by atoms with Gasteiger partial charge in [0.25, 0.3) is 0 Å². The van der Waals surface area contributed by atoms with Crippen LogP contribution in [0.5, 0.6) is 0 Å². The first-order chi connectivity index (χ1) is 14.1. The second kappa shape index (κ2) is 9.43. The van der Waals surface area contributed by atoms with Gasteiger partial charge < -0.3 is 14.7 Å². The summed E-state index contributed by atoms with van der Waals surface area (Å²) in [5, 5.41) is 0. The van der Waals surface area contributed by atoms with Crippen molar-refractivity contribution in [1.29, 1.82) is 0 Å². The highest BCUT2D eigenvalue weighted by atomic mass is 19.1. The first-order valence-electron chi connectivity index (χ1n) is 11.4. The molecule has 0 N–H and O–H groups in total. The van der Waals surface area contributed by atoms with Gasteiger partial charge >= 0.3 is 0 Å². The molecule has 6 heteroatoms. The van der Waals surface area contributed by atoms with E-state index in [1.807, 2.05) is 12.1 Å². The molecule has 4 rings (SSSR count). The Morgan fingerprint density at radius 2 is 1.66 bits per heavy atom. The third-order valence-electron chi connectivity index (χ3n) is 7.11. The lowest BCUT2D eigenvalue weighted by molar-refractivity contribution is -0.139. The SMILES string of the molecule is CCN1CCC(C(=O)N2CCCC(N3CCN(c4ccc(F)cc4)CC3)C2)CC1. The molecule has 1 atom stereocenters. The standard InChI is InChI=1S/C23H35FN4O/c1-2-25-12-9-19(10-13-25)23(29)28-11-3-4-22(18-28)27-16-14-26(15-17-27)21-7-5-20(24)6-8-21/h5-8,19,22H,2-4,9-18H2,1H3. The zero-order chi connectivity index (χ0) is 20.2. The lowest BCUT2D eigenvalue weighted by Crippen LogP contribution is -2.56. The molecule has 5 nitrogen and oxygen atoms in total. The average molecular weight is 403 g/mol. The number of anilines is 1. The highest BCUT2D eigenvalue weighted by Crippen LogP contribution is 2.25. The summed E-state index contributed by atoms with van der Waals surface area (Å²) in [4.78, 5) is 22.6. The van der Waals surface area contributed by atoms with Gasteiger partial charge in [-0.2, -0.15) is 0 Å². The summed E-state index contributed by atoms with van der Waals surface area (Å²) in [6, 6.07) is 7.30. The van der Waals surface area contributed by atoms with E-state index in [4.69, 9.17) is 0 Å². The Hall–Kier alpha value is -1.66. The number of carbonyl (C=O) groups excluding carboxylic acids is 1. The molecule has 0 spiro atoms. The van der Waals surface area contributed by atoms with Crippen LogP contribution in [0.2, 0.25) is 0 Å². The third kappa shape index (κ3) is 4.92. The molecular weight excluding hydrogens is 367 g/mol. The Labute approximate surface area is 174 Å². The molecule has 3 heterocycles. The van der Waals surface area contributed by atoms with Crippen molar-refractivity contribution in [1.82, 2.24) is 14.7 Å². The molecule has 3 aliphatic rings. The maximum Gasteiger partial charge on any atom is 0.225 e. The van der Waals surface area contributed by atoms with Crippen LogP contribution in [0.3, 0.4) is 0 Å². The van der Waals surface area contributed by atoms with Gasteiger partial charge in [0.15, 0.2) is 0 Å². The first kappa shape index (κ1) is 20.6. The minimum absolute atomic E-state index is 0.181. The lowest BCUT2D eigenvalue weighted by atomic mass is 9.93. The van der Waals surface area contributed by atoms with Crippen molar-refractivity contribution in [3.63, 3.8) is 0 Å². The molecule has 1 aromatic carbocycles. The van der Waals surface area contributed by atoms with Gasteiger partial charge in [-0.25, -0.2) is 4.39 Å². The highest BCUT2D eigenvalue weighted by Gasteiger charge is 2.33. The maximum atomic E-state index is 13.2. The second-order valence-electron chi connectivity index (χ2n) is 8.79. The van der Waals surface area contributed by atoms with Crippen LogP contribution < -0.4 is 4.90 Å². The maximum absolute atomic E-state index is 13.2. The Balaban J connectivity index is 1.28. The van der Waals surface area contributed by atoms with Gasteiger partial charge in [-0.3, -0.25) is 9.69 Å². The number of piperidine rings is 2. The van der Waals surface area contributed by atoms with Crippen molar-refractivity contribution in [2.75, 3.05) is 63.8 Å². The molecule has 0 bridgehead atoms. The molecule has 1 unspecified atom stereocenters. The van der Waals surface area contributed by atoms with E-state index < -0.39 is 0 Å². The molecule has 3 fully saturated rings. The van der Waals surface area contributed by atoms with E-state index in [9.17, 15) is 9.18 Å². The predicted molar refractivity (Wildman–Crippen MR) is 115 cm³/mol. The van der Waals surface area contributed by atoms with Gasteiger partial charge in [0.05, 0.1) is 0 Å². The largest absolute Gasteiger partial charge is 0.369 e. The van der Waals surface area contributed by atoms with Crippen molar-refractivity contribution in [2.45, 2.75) is 38.6 Å². The normalized spacial score (nSPS) is 25.4. The van der Waals surface area contributed by atoms with E-state index in [0.717, 1.165) is 83.9 Å². The van der Waals surface area contributed by atoms with Crippen LogP contribution in [0.15, 0.2) is 24.3 Å². The zero-order valence-corrected chi connectivity index (χ0v) is 17.7. The van der Waals surface area contributed by atoms with Gasteiger partial charge in [-0.1, -0.05) is 6.92 Å². The molecular formula is C23H35FN4O. The van der Waals surface area contributed by atoms with Crippen molar-refractivity contribution in [3.05, 3.63) is 30.1 Å². The van der Waals surface area contributed by atoms with Gasteiger partial charge in [0.2, 0.25) is 5.91 Å². The van der Waals surface area contributed by atoms with Crippen molar-refractivity contribution < 1.29 is 9.18 Å². The fourth-order valence-electron chi connectivity index (χ4n) is 5.20. The summed E-state index contributed by atoms with van der Waals surface area (Å²) in [5.41, 5.74) is 1.10.